The van der Waals surface area contributed by atoms with E-state index in [-0.39, 0.29) is 0 Å². The van der Waals surface area contributed by atoms with Gasteiger partial charge in [0.25, 0.3) is 0 Å². The molecule has 0 unspecified atom stereocenters. The summed E-state index contributed by atoms with van der Waals surface area (Å²) in [5.41, 5.74) is 14.2. The Balaban J connectivity index is 2.27. The third kappa shape index (κ3) is 4.49. The molecule has 3 aromatic carbocycles. The Morgan fingerprint density at radius 3 is 1.03 bits per heavy atom. The van der Waals surface area contributed by atoms with Crippen LogP contribution in [-0.2, 0) is 6.16 Å². The lowest BCUT2D eigenvalue weighted by molar-refractivity contribution is 1.21. The van der Waals surface area contributed by atoms with Gasteiger partial charge in [0.15, 0.2) is 0 Å². The third-order valence-corrected chi connectivity index (χ3v) is 9.09. The molecule has 0 radical (unpaired) electrons. The fourth-order valence-corrected chi connectivity index (χ4v) is 8.40. The Bertz CT molecular complexity index is 945. The summed E-state index contributed by atoms with van der Waals surface area (Å²) in [4.78, 5) is 0. The maximum atomic E-state index is 2.37. The molecule has 1 heteroatoms. The topological polar surface area (TPSA) is 0 Å². The van der Waals surface area contributed by atoms with Gasteiger partial charge in [0, 0.05) is 6.16 Å². The summed E-state index contributed by atoms with van der Waals surface area (Å²) in [6.45, 7) is 20.4. The van der Waals surface area contributed by atoms with Crippen molar-refractivity contribution in [3.63, 3.8) is 0 Å². The predicted molar refractivity (Wildman–Crippen MR) is 132 cm³/mol. The minimum atomic E-state index is -0.477. The molecule has 0 aromatic heterocycles. The van der Waals surface area contributed by atoms with Crippen LogP contribution in [0.2, 0.25) is 0 Å². The lowest BCUT2D eigenvalue weighted by Crippen LogP contribution is -2.23. The largest absolute Gasteiger partial charge is 0.0561 e. The molecule has 0 spiro atoms. The average molecular weight is 403 g/mol. The van der Waals surface area contributed by atoms with E-state index < -0.39 is 7.92 Å². The summed E-state index contributed by atoms with van der Waals surface area (Å²) in [5, 5.41) is 3.14. The quantitative estimate of drug-likeness (QED) is 0.408. The Morgan fingerprint density at radius 1 is 0.448 bits per heavy atom. The van der Waals surface area contributed by atoms with Crippen LogP contribution in [0.1, 0.15) is 55.6 Å². The van der Waals surface area contributed by atoms with Crippen LogP contribution in [0.4, 0.5) is 0 Å². The van der Waals surface area contributed by atoms with Crippen molar-refractivity contribution in [2.45, 2.75) is 68.5 Å². The smallest absolute Gasteiger partial charge is 0.00131 e. The summed E-state index contributed by atoms with van der Waals surface area (Å²) in [6, 6.07) is 14.2. The van der Waals surface area contributed by atoms with Gasteiger partial charge in [0.2, 0.25) is 0 Å². The van der Waals surface area contributed by atoms with Crippen LogP contribution in [0, 0.1) is 62.3 Å². The van der Waals surface area contributed by atoms with Gasteiger partial charge in [-0.2, -0.15) is 0 Å². The van der Waals surface area contributed by atoms with Crippen LogP contribution in [0.15, 0.2) is 36.4 Å². The Labute approximate surface area is 179 Å². The van der Waals surface area contributed by atoms with Gasteiger partial charge >= 0.3 is 0 Å². The standard InChI is InChI=1S/C28H35P/c1-17-10-20(4)26(21(5)11-17)16-29(27-22(6)12-18(2)13-23(27)7)28-24(8)14-19(3)15-25(28)9/h10-15H,16H2,1-9H3. The molecule has 0 aliphatic carbocycles. The van der Waals surface area contributed by atoms with Gasteiger partial charge in [-0.3, -0.25) is 0 Å². The maximum absolute atomic E-state index is 2.37. The SMILES string of the molecule is Cc1cc(C)c(CP(c2c(C)cc(C)cc2C)c2c(C)cc(C)cc2C)c(C)c1. The molecule has 0 bridgehead atoms. The molecule has 3 aromatic rings. The normalized spacial score (nSPS) is 11.4. The van der Waals surface area contributed by atoms with Crippen molar-refractivity contribution < 1.29 is 0 Å². The van der Waals surface area contributed by atoms with Gasteiger partial charge in [-0.15, -0.1) is 0 Å². The summed E-state index contributed by atoms with van der Waals surface area (Å²) >= 11 is 0. The average Bonchev–Trinajstić information content (AvgIpc) is 2.55. The molecule has 0 nitrogen and oxygen atoms in total. The first-order valence-electron chi connectivity index (χ1n) is 10.6. The molecule has 0 saturated heterocycles. The lowest BCUT2D eigenvalue weighted by atomic mass is 10.0. The molecule has 0 saturated carbocycles. The van der Waals surface area contributed by atoms with E-state index in [1.807, 2.05) is 0 Å². The monoisotopic (exact) mass is 402 g/mol. The molecule has 3 rings (SSSR count). The van der Waals surface area contributed by atoms with E-state index in [1.54, 1.807) is 10.6 Å². The summed E-state index contributed by atoms with van der Waals surface area (Å²) in [5.74, 6) is 0. The minimum Gasteiger partial charge on any atom is -0.0561 e. The van der Waals surface area contributed by atoms with Crippen molar-refractivity contribution in [3.8, 4) is 0 Å². The van der Waals surface area contributed by atoms with E-state index in [4.69, 9.17) is 0 Å². The van der Waals surface area contributed by atoms with Gasteiger partial charge in [-0.1, -0.05) is 53.1 Å². The van der Waals surface area contributed by atoms with E-state index in [1.165, 1.54) is 55.6 Å². The number of benzene rings is 3. The molecule has 0 N–H and O–H groups in total. The first kappa shape index (κ1) is 21.8. The highest BCUT2D eigenvalue weighted by Crippen LogP contribution is 2.44. The van der Waals surface area contributed by atoms with Gasteiger partial charge < -0.3 is 0 Å². The highest BCUT2D eigenvalue weighted by molar-refractivity contribution is 7.72. The fraction of sp³-hybridized carbons (Fsp3) is 0.357. The molecule has 0 aliphatic rings. The van der Waals surface area contributed by atoms with E-state index >= 15 is 0 Å². The van der Waals surface area contributed by atoms with E-state index in [0.717, 1.165) is 6.16 Å². The van der Waals surface area contributed by atoms with E-state index in [0.29, 0.717) is 0 Å². The highest BCUT2D eigenvalue weighted by Gasteiger charge is 2.24. The van der Waals surface area contributed by atoms with E-state index in [2.05, 4.69) is 98.7 Å². The van der Waals surface area contributed by atoms with Crippen LogP contribution in [0.3, 0.4) is 0 Å². The van der Waals surface area contributed by atoms with Crippen LogP contribution < -0.4 is 10.6 Å². The van der Waals surface area contributed by atoms with Crippen LogP contribution in [-0.4, -0.2) is 0 Å². The maximum Gasteiger partial charge on any atom is 0.00131 e. The Morgan fingerprint density at radius 2 is 0.724 bits per heavy atom. The molecule has 0 aliphatic heterocycles. The third-order valence-electron chi connectivity index (χ3n) is 5.97. The number of hydrogen-bond acceptors (Lipinski definition) is 0. The number of hydrogen-bond donors (Lipinski definition) is 0. The number of rotatable bonds is 4. The second-order valence-electron chi connectivity index (χ2n) is 8.96. The van der Waals surface area contributed by atoms with Gasteiger partial charge in [0.05, 0.1) is 0 Å². The zero-order valence-electron chi connectivity index (χ0n) is 19.6. The summed E-state index contributed by atoms with van der Waals surface area (Å²) < 4.78 is 0. The van der Waals surface area contributed by atoms with Crippen LogP contribution in [0.25, 0.3) is 0 Å². The first-order chi connectivity index (χ1) is 13.6. The molecule has 29 heavy (non-hydrogen) atoms. The minimum absolute atomic E-state index is 0.477. The predicted octanol–water partition coefficient (Wildman–Crippen LogP) is 7.10. The number of aryl methyl sites for hydroxylation is 9. The molecule has 152 valence electrons. The lowest BCUT2D eigenvalue weighted by Gasteiger charge is -2.28. The van der Waals surface area contributed by atoms with Crippen molar-refractivity contribution in [2.24, 2.45) is 0 Å². The van der Waals surface area contributed by atoms with Crippen molar-refractivity contribution >= 4 is 18.5 Å². The summed E-state index contributed by atoms with van der Waals surface area (Å²) in [6.07, 6.45) is 1.11. The molecular formula is C28H35P. The first-order valence-corrected chi connectivity index (χ1v) is 12.1. The molecule has 0 heterocycles. The molecule has 0 fully saturated rings. The molecule has 0 atom stereocenters. The van der Waals surface area contributed by atoms with Crippen molar-refractivity contribution in [1.82, 2.24) is 0 Å². The Hall–Kier alpha value is -1.91. The van der Waals surface area contributed by atoms with Crippen molar-refractivity contribution in [2.75, 3.05) is 0 Å². The van der Waals surface area contributed by atoms with Crippen molar-refractivity contribution in [1.29, 1.82) is 0 Å². The fourth-order valence-electron chi connectivity index (χ4n) is 5.08. The van der Waals surface area contributed by atoms with Gasteiger partial charge in [0.1, 0.15) is 0 Å². The summed E-state index contributed by atoms with van der Waals surface area (Å²) in [7, 11) is -0.477. The second kappa shape index (κ2) is 8.45. The Kier molecular flexibility index (Phi) is 6.35. The van der Waals surface area contributed by atoms with Gasteiger partial charge in [-0.25, -0.2) is 0 Å². The van der Waals surface area contributed by atoms with E-state index in [9.17, 15) is 0 Å². The highest BCUT2D eigenvalue weighted by atomic mass is 31.1. The zero-order chi connectivity index (χ0) is 21.5. The van der Waals surface area contributed by atoms with Gasteiger partial charge in [-0.05, 0) is 120 Å². The van der Waals surface area contributed by atoms with Crippen molar-refractivity contribution in [3.05, 3.63) is 92.0 Å². The molecular weight excluding hydrogens is 367 g/mol. The second-order valence-corrected chi connectivity index (χ2v) is 11.0. The molecule has 0 amide bonds. The zero-order valence-corrected chi connectivity index (χ0v) is 20.5. The van der Waals surface area contributed by atoms with Crippen LogP contribution in [0.5, 0.6) is 0 Å². The van der Waals surface area contributed by atoms with Crippen LogP contribution >= 0.6 is 7.92 Å².